The summed E-state index contributed by atoms with van der Waals surface area (Å²) in [5, 5.41) is 4.18. The van der Waals surface area contributed by atoms with Crippen LogP contribution in [0.25, 0.3) is 0 Å². The third-order valence-corrected chi connectivity index (χ3v) is 3.43. The van der Waals surface area contributed by atoms with Gasteiger partial charge >= 0.3 is 0 Å². The summed E-state index contributed by atoms with van der Waals surface area (Å²) in [6, 6.07) is 8.83. The van der Waals surface area contributed by atoms with Crippen LogP contribution in [0.5, 0.6) is 0 Å². The van der Waals surface area contributed by atoms with Gasteiger partial charge in [-0.05, 0) is 52.9 Å². The topological polar surface area (TPSA) is 38.0 Å². The van der Waals surface area contributed by atoms with E-state index in [2.05, 4.69) is 22.3 Å². The molecule has 1 atom stereocenters. The van der Waals surface area contributed by atoms with Gasteiger partial charge in [0.2, 0.25) is 0 Å². The van der Waals surface area contributed by atoms with Crippen LogP contribution in [0, 0.1) is 5.82 Å². The first-order valence-corrected chi connectivity index (χ1v) is 6.44. The molecule has 0 saturated carbocycles. The minimum atomic E-state index is -0.205. The van der Waals surface area contributed by atoms with Crippen LogP contribution in [0.2, 0.25) is 0 Å². The Bertz CT molecular complexity index is 439. The Morgan fingerprint density at radius 1 is 1.12 bits per heavy atom. The maximum atomic E-state index is 12.8. The molecule has 0 aliphatic rings. The number of halogens is 1. The van der Waals surface area contributed by atoms with Crippen LogP contribution < -0.4 is 11.3 Å². The van der Waals surface area contributed by atoms with Gasteiger partial charge in [-0.1, -0.05) is 12.1 Å². The van der Waals surface area contributed by atoms with Crippen LogP contribution >= 0.6 is 11.3 Å². The Morgan fingerprint density at radius 3 is 2.41 bits per heavy atom. The lowest BCUT2D eigenvalue weighted by atomic mass is 10.0. The lowest BCUT2D eigenvalue weighted by molar-refractivity contribution is 0.522. The summed E-state index contributed by atoms with van der Waals surface area (Å²) in [5.41, 5.74) is 5.18. The molecule has 0 aliphatic heterocycles. The molecule has 1 aromatic carbocycles. The molecule has 1 unspecified atom stereocenters. The summed E-state index contributed by atoms with van der Waals surface area (Å²) < 4.78 is 12.8. The quantitative estimate of drug-likeness (QED) is 0.632. The highest BCUT2D eigenvalue weighted by atomic mass is 32.1. The van der Waals surface area contributed by atoms with Gasteiger partial charge < -0.3 is 0 Å². The van der Waals surface area contributed by atoms with Crippen molar-refractivity contribution in [1.82, 2.24) is 5.43 Å². The molecule has 0 fully saturated rings. The van der Waals surface area contributed by atoms with Crippen molar-refractivity contribution in [2.24, 2.45) is 5.84 Å². The Hall–Kier alpha value is -1.23. The number of nitrogens with one attached hydrogen (secondary N) is 1. The summed E-state index contributed by atoms with van der Waals surface area (Å²) in [6.07, 6.45) is 1.68. The molecular formula is C13H15FN2S. The average molecular weight is 250 g/mol. The first kappa shape index (κ1) is 12.2. The smallest absolute Gasteiger partial charge is 0.123 e. The van der Waals surface area contributed by atoms with Crippen LogP contribution in [0.4, 0.5) is 4.39 Å². The summed E-state index contributed by atoms with van der Waals surface area (Å²) in [4.78, 5) is 0. The van der Waals surface area contributed by atoms with Crippen LogP contribution in [-0.2, 0) is 12.8 Å². The van der Waals surface area contributed by atoms with Crippen molar-refractivity contribution in [3.8, 4) is 0 Å². The number of hydrogen-bond acceptors (Lipinski definition) is 3. The molecule has 2 aromatic rings. The normalized spacial score (nSPS) is 12.6. The summed E-state index contributed by atoms with van der Waals surface area (Å²) >= 11 is 1.68. The zero-order chi connectivity index (χ0) is 12.1. The molecule has 1 aromatic heterocycles. The highest BCUT2D eigenvalue weighted by Crippen LogP contribution is 2.12. The maximum absolute atomic E-state index is 12.8. The molecule has 1 heterocycles. The zero-order valence-corrected chi connectivity index (χ0v) is 10.2. The van der Waals surface area contributed by atoms with E-state index < -0.39 is 0 Å². The van der Waals surface area contributed by atoms with E-state index in [0.717, 1.165) is 18.4 Å². The van der Waals surface area contributed by atoms with E-state index in [0.29, 0.717) is 0 Å². The van der Waals surface area contributed by atoms with Crippen molar-refractivity contribution in [3.05, 3.63) is 58.0 Å². The molecule has 90 valence electrons. The number of benzene rings is 1. The van der Waals surface area contributed by atoms with Crippen LogP contribution in [0.3, 0.4) is 0 Å². The van der Waals surface area contributed by atoms with Gasteiger partial charge in [0.1, 0.15) is 5.82 Å². The minimum absolute atomic E-state index is 0.176. The fourth-order valence-corrected chi connectivity index (χ4v) is 2.47. The van der Waals surface area contributed by atoms with E-state index in [-0.39, 0.29) is 11.9 Å². The molecule has 2 rings (SSSR count). The first-order chi connectivity index (χ1) is 8.28. The third kappa shape index (κ3) is 3.63. The fourth-order valence-electron chi connectivity index (χ4n) is 1.79. The lowest BCUT2D eigenvalue weighted by Gasteiger charge is -2.15. The zero-order valence-electron chi connectivity index (χ0n) is 9.40. The number of rotatable bonds is 5. The molecule has 0 spiro atoms. The summed E-state index contributed by atoms with van der Waals surface area (Å²) in [6.45, 7) is 0. The molecule has 4 heteroatoms. The van der Waals surface area contributed by atoms with Crippen molar-refractivity contribution in [2.75, 3.05) is 0 Å². The van der Waals surface area contributed by atoms with E-state index in [9.17, 15) is 4.39 Å². The Morgan fingerprint density at radius 2 is 1.82 bits per heavy atom. The van der Waals surface area contributed by atoms with E-state index in [1.807, 2.05) is 0 Å². The molecule has 3 N–H and O–H groups in total. The van der Waals surface area contributed by atoms with E-state index in [1.165, 1.54) is 17.7 Å². The van der Waals surface area contributed by atoms with Gasteiger partial charge in [-0.3, -0.25) is 11.3 Å². The van der Waals surface area contributed by atoms with Crippen LogP contribution in [0.1, 0.15) is 11.1 Å². The van der Waals surface area contributed by atoms with Crippen molar-refractivity contribution in [1.29, 1.82) is 0 Å². The Kier molecular flexibility index (Phi) is 4.25. The number of nitrogens with two attached hydrogens (primary N) is 1. The fraction of sp³-hybridized carbons (Fsp3) is 0.231. The van der Waals surface area contributed by atoms with Gasteiger partial charge in [-0.25, -0.2) is 4.39 Å². The first-order valence-electron chi connectivity index (χ1n) is 5.49. The third-order valence-electron chi connectivity index (χ3n) is 2.69. The number of hydrazine groups is 1. The van der Waals surface area contributed by atoms with Crippen molar-refractivity contribution < 1.29 is 4.39 Å². The average Bonchev–Trinajstić information content (AvgIpc) is 2.84. The van der Waals surface area contributed by atoms with Crippen LogP contribution in [0.15, 0.2) is 41.1 Å². The Balaban J connectivity index is 1.97. The Labute approximate surface area is 104 Å². The van der Waals surface area contributed by atoms with E-state index in [4.69, 9.17) is 5.84 Å². The SMILES string of the molecule is NNC(Cc1ccc(F)cc1)Cc1ccsc1. The highest BCUT2D eigenvalue weighted by Gasteiger charge is 2.09. The lowest BCUT2D eigenvalue weighted by Crippen LogP contribution is -2.38. The largest absolute Gasteiger partial charge is 0.271 e. The van der Waals surface area contributed by atoms with Crippen molar-refractivity contribution >= 4 is 11.3 Å². The maximum Gasteiger partial charge on any atom is 0.123 e. The second-order valence-corrected chi connectivity index (χ2v) is 4.81. The molecule has 17 heavy (non-hydrogen) atoms. The molecule has 0 amide bonds. The highest BCUT2D eigenvalue weighted by molar-refractivity contribution is 7.07. The summed E-state index contributed by atoms with van der Waals surface area (Å²) in [5.74, 6) is 5.34. The van der Waals surface area contributed by atoms with Gasteiger partial charge in [0.05, 0.1) is 0 Å². The van der Waals surface area contributed by atoms with Gasteiger partial charge in [-0.2, -0.15) is 11.3 Å². The molecule has 0 radical (unpaired) electrons. The van der Waals surface area contributed by atoms with Gasteiger partial charge in [0.15, 0.2) is 0 Å². The van der Waals surface area contributed by atoms with Crippen molar-refractivity contribution in [3.63, 3.8) is 0 Å². The second kappa shape index (κ2) is 5.91. The summed E-state index contributed by atoms with van der Waals surface area (Å²) in [7, 11) is 0. The molecular weight excluding hydrogens is 235 g/mol. The molecule has 2 nitrogen and oxygen atoms in total. The van der Waals surface area contributed by atoms with Crippen molar-refractivity contribution in [2.45, 2.75) is 18.9 Å². The second-order valence-electron chi connectivity index (χ2n) is 4.03. The van der Waals surface area contributed by atoms with E-state index in [1.54, 1.807) is 23.5 Å². The van der Waals surface area contributed by atoms with Gasteiger partial charge in [-0.15, -0.1) is 0 Å². The number of hydrogen-bond donors (Lipinski definition) is 2. The van der Waals surface area contributed by atoms with Gasteiger partial charge in [0.25, 0.3) is 0 Å². The predicted octanol–water partition coefficient (Wildman–Crippen LogP) is 2.50. The molecule has 0 saturated heterocycles. The molecule has 0 aliphatic carbocycles. The monoisotopic (exact) mass is 250 g/mol. The standard InChI is InChI=1S/C13H15FN2S/c14-12-3-1-10(2-4-12)7-13(16-15)8-11-5-6-17-9-11/h1-6,9,13,16H,7-8,15H2. The van der Waals surface area contributed by atoms with Gasteiger partial charge in [0, 0.05) is 6.04 Å². The molecule has 0 bridgehead atoms. The number of thiophene rings is 1. The minimum Gasteiger partial charge on any atom is -0.271 e. The van der Waals surface area contributed by atoms with Crippen LogP contribution in [-0.4, -0.2) is 6.04 Å². The van der Waals surface area contributed by atoms with E-state index >= 15 is 0 Å². The predicted molar refractivity (Wildman–Crippen MR) is 69.2 cm³/mol.